The van der Waals surface area contributed by atoms with Crippen LogP contribution in [0.2, 0.25) is 0 Å². The van der Waals surface area contributed by atoms with Crippen molar-refractivity contribution >= 4 is 5.91 Å². The number of rotatable bonds is 7. The molecule has 0 bridgehead atoms. The van der Waals surface area contributed by atoms with Crippen molar-refractivity contribution in [2.24, 2.45) is 5.73 Å². The maximum Gasteiger partial charge on any atom is 0.239 e. The molecule has 1 amide bonds. The molecule has 1 aromatic rings. The molecule has 1 saturated heterocycles. The second-order valence-electron chi connectivity index (χ2n) is 6.63. The maximum atomic E-state index is 12.2. The summed E-state index contributed by atoms with van der Waals surface area (Å²) in [6, 6.07) is 10.9. The van der Waals surface area contributed by atoms with Gasteiger partial charge in [-0.3, -0.25) is 9.69 Å². The Labute approximate surface area is 134 Å². The first-order chi connectivity index (χ1) is 10.5. The molecule has 1 fully saturated rings. The summed E-state index contributed by atoms with van der Waals surface area (Å²) in [6.45, 7) is 6.63. The van der Waals surface area contributed by atoms with E-state index < -0.39 is 5.54 Å². The van der Waals surface area contributed by atoms with Gasteiger partial charge in [-0.1, -0.05) is 43.7 Å². The van der Waals surface area contributed by atoms with Crippen molar-refractivity contribution in [1.82, 2.24) is 10.2 Å². The van der Waals surface area contributed by atoms with Crippen LogP contribution in [0.3, 0.4) is 0 Å². The molecule has 1 heterocycles. The molecule has 0 aliphatic carbocycles. The van der Waals surface area contributed by atoms with Gasteiger partial charge < -0.3 is 11.1 Å². The van der Waals surface area contributed by atoms with Crippen LogP contribution in [-0.2, 0) is 11.3 Å². The zero-order valence-corrected chi connectivity index (χ0v) is 13.8. The van der Waals surface area contributed by atoms with E-state index in [2.05, 4.69) is 41.4 Å². The van der Waals surface area contributed by atoms with Gasteiger partial charge in [-0.05, 0) is 38.3 Å². The van der Waals surface area contributed by atoms with E-state index in [9.17, 15) is 4.79 Å². The van der Waals surface area contributed by atoms with Gasteiger partial charge in [0.05, 0.1) is 5.54 Å². The average molecular weight is 303 g/mol. The number of carbonyl (C=O) groups excluding carboxylic acids is 1. The van der Waals surface area contributed by atoms with E-state index in [-0.39, 0.29) is 5.91 Å². The van der Waals surface area contributed by atoms with Gasteiger partial charge in [0.1, 0.15) is 0 Å². The van der Waals surface area contributed by atoms with Crippen molar-refractivity contribution in [1.29, 1.82) is 0 Å². The third-order valence-corrected chi connectivity index (χ3v) is 4.51. The molecular formula is C18H29N3O. The first-order valence-corrected chi connectivity index (χ1v) is 8.38. The summed E-state index contributed by atoms with van der Waals surface area (Å²) in [5.74, 6) is -0.0269. The SMILES string of the molecule is CCCC(C)(N)C(=O)NCC1CCCN1Cc1ccccc1. The Kier molecular flexibility index (Phi) is 5.98. The fourth-order valence-electron chi connectivity index (χ4n) is 3.20. The summed E-state index contributed by atoms with van der Waals surface area (Å²) < 4.78 is 0. The minimum Gasteiger partial charge on any atom is -0.353 e. The third kappa shape index (κ3) is 4.55. The molecule has 1 aliphatic heterocycles. The fourth-order valence-corrected chi connectivity index (χ4v) is 3.20. The summed E-state index contributed by atoms with van der Waals surface area (Å²) in [7, 11) is 0. The summed E-state index contributed by atoms with van der Waals surface area (Å²) >= 11 is 0. The van der Waals surface area contributed by atoms with Crippen LogP contribution in [0.1, 0.15) is 45.1 Å². The number of amides is 1. The van der Waals surface area contributed by atoms with E-state index in [4.69, 9.17) is 5.73 Å². The van der Waals surface area contributed by atoms with Crippen molar-refractivity contribution in [2.45, 2.75) is 57.7 Å². The quantitative estimate of drug-likeness (QED) is 0.812. The average Bonchev–Trinajstić information content (AvgIpc) is 2.93. The van der Waals surface area contributed by atoms with Crippen LogP contribution in [-0.4, -0.2) is 35.5 Å². The number of hydrogen-bond acceptors (Lipinski definition) is 3. The first kappa shape index (κ1) is 17.0. The predicted molar refractivity (Wildman–Crippen MR) is 90.4 cm³/mol. The molecule has 2 unspecified atom stereocenters. The molecule has 0 radical (unpaired) electrons. The Morgan fingerprint density at radius 3 is 2.82 bits per heavy atom. The van der Waals surface area contributed by atoms with Crippen molar-refractivity contribution in [3.63, 3.8) is 0 Å². The second-order valence-corrected chi connectivity index (χ2v) is 6.63. The summed E-state index contributed by atoms with van der Waals surface area (Å²) in [5.41, 5.74) is 6.66. The van der Waals surface area contributed by atoms with Gasteiger partial charge in [0, 0.05) is 19.1 Å². The standard InChI is InChI=1S/C18H29N3O/c1-3-11-18(2,19)17(22)20-13-16-10-7-12-21(16)14-15-8-5-4-6-9-15/h4-6,8-9,16H,3,7,10-14,19H2,1-2H3,(H,20,22). The van der Waals surface area contributed by atoms with Crippen molar-refractivity contribution < 1.29 is 4.79 Å². The van der Waals surface area contributed by atoms with E-state index >= 15 is 0 Å². The van der Waals surface area contributed by atoms with Crippen molar-refractivity contribution in [3.8, 4) is 0 Å². The summed E-state index contributed by atoms with van der Waals surface area (Å²) in [4.78, 5) is 14.7. The Morgan fingerprint density at radius 1 is 1.41 bits per heavy atom. The van der Waals surface area contributed by atoms with Gasteiger partial charge in [-0.2, -0.15) is 0 Å². The lowest BCUT2D eigenvalue weighted by atomic mass is 9.96. The molecule has 0 spiro atoms. The smallest absolute Gasteiger partial charge is 0.239 e. The molecule has 22 heavy (non-hydrogen) atoms. The number of carbonyl (C=O) groups is 1. The highest BCUT2D eigenvalue weighted by Gasteiger charge is 2.29. The van der Waals surface area contributed by atoms with Crippen molar-refractivity contribution in [3.05, 3.63) is 35.9 Å². The predicted octanol–water partition coefficient (Wildman–Crippen LogP) is 2.28. The van der Waals surface area contributed by atoms with Gasteiger partial charge in [0.15, 0.2) is 0 Å². The number of likely N-dealkylation sites (tertiary alicyclic amines) is 1. The van der Waals surface area contributed by atoms with Crippen LogP contribution in [0, 0.1) is 0 Å². The van der Waals surface area contributed by atoms with E-state index in [0.717, 1.165) is 32.4 Å². The monoisotopic (exact) mass is 303 g/mol. The molecule has 0 saturated carbocycles. The topological polar surface area (TPSA) is 58.4 Å². The Hall–Kier alpha value is -1.39. The van der Waals surface area contributed by atoms with Crippen LogP contribution >= 0.6 is 0 Å². The maximum absolute atomic E-state index is 12.2. The zero-order chi connectivity index (χ0) is 16.0. The fraction of sp³-hybridized carbons (Fsp3) is 0.611. The number of hydrogen-bond donors (Lipinski definition) is 2. The minimum absolute atomic E-state index is 0.0269. The zero-order valence-electron chi connectivity index (χ0n) is 13.8. The molecule has 1 aliphatic rings. The number of nitrogens with two attached hydrogens (primary N) is 1. The molecule has 2 atom stereocenters. The summed E-state index contributed by atoms with van der Waals surface area (Å²) in [5, 5.41) is 3.06. The molecule has 3 N–H and O–H groups in total. The van der Waals surface area contributed by atoms with Crippen molar-refractivity contribution in [2.75, 3.05) is 13.1 Å². The molecule has 1 aromatic carbocycles. The lowest BCUT2D eigenvalue weighted by Gasteiger charge is -2.28. The van der Waals surface area contributed by atoms with Gasteiger partial charge in [0.2, 0.25) is 5.91 Å². The Morgan fingerprint density at radius 2 is 2.14 bits per heavy atom. The lowest BCUT2D eigenvalue weighted by Crippen LogP contribution is -2.53. The van der Waals surface area contributed by atoms with Crippen LogP contribution in [0.25, 0.3) is 0 Å². The molecule has 122 valence electrons. The van der Waals surface area contributed by atoms with Gasteiger partial charge in [0.25, 0.3) is 0 Å². The van der Waals surface area contributed by atoms with Crippen LogP contribution in [0.4, 0.5) is 0 Å². The van der Waals surface area contributed by atoms with Gasteiger partial charge in [-0.15, -0.1) is 0 Å². The van der Waals surface area contributed by atoms with E-state index in [0.29, 0.717) is 12.6 Å². The molecular weight excluding hydrogens is 274 g/mol. The second kappa shape index (κ2) is 7.75. The lowest BCUT2D eigenvalue weighted by molar-refractivity contribution is -0.126. The van der Waals surface area contributed by atoms with Crippen LogP contribution in [0.15, 0.2) is 30.3 Å². The van der Waals surface area contributed by atoms with Crippen LogP contribution in [0.5, 0.6) is 0 Å². The number of nitrogens with zero attached hydrogens (tertiary/aromatic N) is 1. The normalized spacial score (nSPS) is 21.5. The number of nitrogens with one attached hydrogen (secondary N) is 1. The van der Waals surface area contributed by atoms with Gasteiger partial charge >= 0.3 is 0 Å². The molecule has 2 rings (SSSR count). The van der Waals surface area contributed by atoms with E-state index in [1.165, 1.54) is 12.0 Å². The highest BCUT2D eigenvalue weighted by molar-refractivity contribution is 5.85. The van der Waals surface area contributed by atoms with E-state index in [1.807, 2.05) is 13.0 Å². The molecule has 0 aromatic heterocycles. The molecule has 4 heteroatoms. The highest BCUT2D eigenvalue weighted by Crippen LogP contribution is 2.20. The van der Waals surface area contributed by atoms with E-state index in [1.54, 1.807) is 0 Å². The summed E-state index contributed by atoms with van der Waals surface area (Å²) in [6.07, 6.45) is 3.98. The highest BCUT2D eigenvalue weighted by atomic mass is 16.2. The molecule has 4 nitrogen and oxygen atoms in total. The Bertz CT molecular complexity index is 472. The Balaban J connectivity index is 1.85. The largest absolute Gasteiger partial charge is 0.353 e. The minimum atomic E-state index is -0.752. The third-order valence-electron chi connectivity index (χ3n) is 4.51. The van der Waals surface area contributed by atoms with Gasteiger partial charge in [-0.25, -0.2) is 0 Å². The van der Waals surface area contributed by atoms with Crippen LogP contribution < -0.4 is 11.1 Å². The first-order valence-electron chi connectivity index (χ1n) is 8.38. The number of benzene rings is 1.